The fourth-order valence-electron chi connectivity index (χ4n) is 3.25. The Morgan fingerprint density at radius 2 is 1.72 bits per heavy atom. The zero-order valence-electron chi connectivity index (χ0n) is 16.1. The first-order valence-electron chi connectivity index (χ1n) is 9.28. The van der Waals surface area contributed by atoms with Crippen molar-refractivity contribution in [2.24, 2.45) is 0 Å². The van der Waals surface area contributed by atoms with E-state index in [1.165, 1.54) is 6.08 Å². The van der Waals surface area contributed by atoms with Crippen molar-refractivity contribution < 1.29 is 23.5 Å². The number of rotatable bonds is 4. The van der Waals surface area contributed by atoms with Gasteiger partial charge in [0.1, 0.15) is 11.5 Å². The molecule has 0 unspecified atom stereocenters. The van der Waals surface area contributed by atoms with Gasteiger partial charge in [-0.2, -0.15) is 0 Å². The molecule has 3 heterocycles. The molecule has 10 heteroatoms. The van der Waals surface area contributed by atoms with Gasteiger partial charge in [-0.25, -0.2) is 0 Å². The summed E-state index contributed by atoms with van der Waals surface area (Å²) in [6, 6.07) is 11.9. The number of ether oxygens (including phenoxy) is 2. The van der Waals surface area contributed by atoms with Gasteiger partial charge in [-0.1, -0.05) is 34.8 Å². The number of hydrogen-bond acceptors (Lipinski definition) is 6. The Hall–Kier alpha value is -2.58. The molecule has 0 spiro atoms. The number of benzene rings is 2. The lowest BCUT2D eigenvalue weighted by Gasteiger charge is -2.14. The minimum absolute atomic E-state index is 0.0180. The van der Waals surface area contributed by atoms with Crippen LogP contribution in [0.1, 0.15) is 11.3 Å². The molecule has 0 aliphatic carbocycles. The molecule has 2 aromatic carbocycles. The lowest BCUT2D eigenvalue weighted by atomic mass is 10.2. The number of carbonyl (C=O) groups excluding carboxylic acids is 2. The highest BCUT2D eigenvalue weighted by Gasteiger charge is 2.36. The Labute approximate surface area is 201 Å². The molecule has 6 nitrogen and oxygen atoms in total. The van der Waals surface area contributed by atoms with Gasteiger partial charge in [0.15, 0.2) is 11.5 Å². The number of thioether (sulfide) groups is 1. The van der Waals surface area contributed by atoms with Crippen molar-refractivity contribution in [1.82, 2.24) is 4.90 Å². The second-order valence-electron chi connectivity index (χ2n) is 6.90. The fourth-order valence-corrected chi connectivity index (χ4v) is 4.58. The number of hydrogen-bond donors (Lipinski definition) is 0. The smallest absolute Gasteiger partial charge is 0.293 e. The van der Waals surface area contributed by atoms with Crippen molar-refractivity contribution in [3.63, 3.8) is 0 Å². The maximum absolute atomic E-state index is 12.9. The highest BCUT2D eigenvalue weighted by Crippen LogP contribution is 2.39. The molecule has 2 aliphatic rings. The fraction of sp³-hybridized carbons (Fsp3) is 0.0909. The molecule has 0 saturated carbocycles. The molecular formula is C22H12Cl3NO5S. The number of halogens is 3. The predicted octanol–water partition coefficient (Wildman–Crippen LogP) is 6.87. The molecule has 3 aromatic rings. The van der Waals surface area contributed by atoms with E-state index in [0.717, 1.165) is 22.2 Å². The second-order valence-corrected chi connectivity index (χ2v) is 9.11. The van der Waals surface area contributed by atoms with Gasteiger partial charge in [0.05, 0.1) is 21.5 Å². The molecule has 5 rings (SSSR count). The van der Waals surface area contributed by atoms with Crippen LogP contribution >= 0.6 is 46.6 Å². The minimum atomic E-state index is -0.429. The summed E-state index contributed by atoms with van der Waals surface area (Å²) in [6.07, 6.45) is 1.53. The van der Waals surface area contributed by atoms with Crippen LogP contribution in [-0.4, -0.2) is 22.8 Å². The Morgan fingerprint density at radius 3 is 2.50 bits per heavy atom. The van der Waals surface area contributed by atoms with Crippen LogP contribution in [0.4, 0.5) is 4.79 Å². The van der Waals surface area contributed by atoms with Crippen molar-refractivity contribution in [3.05, 3.63) is 73.8 Å². The van der Waals surface area contributed by atoms with E-state index in [1.54, 1.807) is 42.5 Å². The third-order valence-corrected chi connectivity index (χ3v) is 6.85. The Morgan fingerprint density at radius 1 is 0.938 bits per heavy atom. The minimum Gasteiger partial charge on any atom is -0.457 e. The molecule has 162 valence electrons. The molecule has 0 atom stereocenters. The number of imide groups is 1. The average Bonchev–Trinajstić information content (AvgIpc) is 3.47. The largest absolute Gasteiger partial charge is 0.457 e. The maximum Gasteiger partial charge on any atom is 0.293 e. The van der Waals surface area contributed by atoms with E-state index in [1.807, 2.05) is 0 Å². The molecule has 2 amide bonds. The molecule has 32 heavy (non-hydrogen) atoms. The molecule has 0 N–H and O–H groups in total. The first kappa shape index (κ1) is 21.3. The molecule has 0 bridgehead atoms. The van der Waals surface area contributed by atoms with Crippen LogP contribution in [0.25, 0.3) is 17.4 Å². The Bertz CT molecular complexity index is 1300. The quantitative estimate of drug-likeness (QED) is 0.358. The highest BCUT2D eigenvalue weighted by atomic mass is 35.5. The topological polar surface area (TPSA) is 69.0 Å². The Balaban J connectivity index is 1.36. The second kappa shape index (κ2) is 8.41. The van der Waals surface area contributed by atoms with Gasteiger partial charge >= 0.3 is 0 Å². The van der Waals surface area contributed by atoms with Crippen LogP contribution in [0.3, 0.4) is 0 Å². The van der Waals surface area contributed by atoms with Crippen molar-refractivity contribution in [3.8, 4) is 22.8 Å². The molecule has 1 saturated heterocycles. The number of furan rings is 1. The van der Waals surface area contributed by atoms with E-state index in [4.69, 9.17) is 48.7 Å². The molecule has 2 aliphatic heterocycles. The Kier molecular flexibility index (Phi) is 5.59. The van der Waals surface area contributed by atoms with Gasteiger partial charge in [0, 0.05) is 22.7 Å². The lowest BCUT2D eigenvalue weighted by Crippen LogP contribution is -2.27. The number of fused-ring (bicyclic) bond motifs is 1. The first-order valence-corrected chi connectivity index (χ1v) is 11.2. The average molecular weight is 509 g/mol. The third kappa shape index (κ3) is 3.97. The normalized spacial score (nSPS) is 16.5. The monoisotopic (exact) mass is 507 g/mol. The van der Waals surface area contributed by atoms with Gasteiger partial charge in [0.25, 0.3) is 11.1 Å². The van der Waals surface area contributed by atoms with Gasteiger partial charge in [0.2, 0.25) is 6.79 Å². The van der Waals surface area contributed by atoms with E-state index in [9.17, 15) is 9.59 Å². The van der Waals surface area contributed by atoms with Crippen molar-refractivity contribution in [2.75, 3.05) is 6.79 Å². The summed E-state index contributed by atoms with van der Waals surface area (Å²) in [6.45, 7) is 0.122. The van der Waals surface area contributed by atoms with Crippen molar-refractivity contribution in [2.45, 2.75) is 6.54 Å². The zero-order valence-corrected chi connectivity index (χ0v) is 19.1. The summed E-state index contributed by atoms with van der Waals surface area (Å²) in [5, 5.41) is 0.838. The van der Waals surface area contributed by atoms with E-state index in [0.29, 0.717) is 43.7 Å². The summed E-state index contributed by atoms with van der Waals surface area (Å²) < 4.78 is 16.4. The van der Waals surface area contributed by atoms with Crippen LogP contribution in [-0.2, 0) is 11.3 Å². The van der Waals surface area contributed by atoms with Crippen molar-refractivity contribution >= 4 is 63.8 Å². The summed E-state index contributed by atoms with van der Waals surface area (Å²) in [5.74, 6) is 1.61. The van der Waals surface area contributed by atoms with Crippen molar-refractivity contribution in [1.29, 1.82) is 0 Å². The maximum atomic E-state index is 12.9. The zero-order chi connectivity index (χ0) is 22.4. The SMILES string of the molecule is O=C1SC(=Cc2ccc(-c3ccc(Cl)c(Cl)c3)o2)C(=O)N1Cc1cc2c(cc1Cl)OCO2. The van der Waals surface area contributed by atoms with Crippen LogP contribution in [0, 0.1) is 0 Å². The van der Waals surface area contributed by atoms with Gasteiger partial charge in [-0.3, -0.25) is 14.5 Å². The summed E-state index contributed by atoms with van der Waals surface area (Å²) in [4.78, 5) is 26.8. The molecule has 0 radical (unpaired) electrons. The van der Waals surface area contributed by atoms with Crippen LogP contribution < -0.4 is 9.47 Å². The first-order chi connectivity index (χ1) is 15.4. The number of nitrogens with zero attached hydrogens (tertiary/aromatic N) is 1. The van der Waals surface area contributed by atoms with Crippen LogP contribution in [0.2, 0.25) is 15.1 Å². The number of carbonyl (C=O) groups is 2. The van der Waals surface area contributed by atoms with E-state index in [2.05, 4.69) is 0 Å². The standard InChI is InChI=1S/C22H12Cl3NO5S/c23-14-3-1-11(5-16(14)25)17-4-2-13(31-17)7-20-21(27)26(22(28)32-20)9-12-6-18-19(8-15(12)24)30-10-29-18/h1-8H,9-10H2. The summed E-state index contributed by atoms with van der Waals surface area (Å²) in [7, 11) is 0. The molecule has 1 fully saturated rings. The van der Waals surface area contributed by atoms with Gasteiger partial charge < -0.3 is 13.9 Å². The van der Waals surface area contributed by atoms with Gasteiger partial charge in [-0.15, -0.1) is 0 Å². The third-order valence-electron chi connectivity index (χ3n) is 4.85. The van der Waals surface area contributed by atoms with Crippen LogP contribution in [0.15, 0.2) is 51.8 Å². The van der Waals surface area contributed by atoms with E-state index >= 15 is 0 Å². The highest BCUT2D eigenvalue weighted by molar-refractivity contribution is 8.18. The van der Waals surface area contributed by atoms with E-state index < -0.39 is 11.1 Å². The van der Waals surface area contributed by atoms with E-state index in [-0.39, 0.29) is 18.2 Å². The van der Waals surface area contributed by atoms with Gasteiger partial charge in [-0.05, 0) is 53.7 Å². The summed E-state index contributed by atoms with van der Waals surface area (Å²) >= 11 is 19.2. The summed E-state index contributed by atoms with van der Waals surface area (Å²) in [5.41, 5.74) is 1.32. The predicted molar refractivity (Wildman–Crippen MR) is 123 cm³/mol. The van der Waals surface area contributed by atoms with Crippen LogP contribution in [0.5, 0.6) is 11.5 Å². The molecular weight excluding hydrogens is 497 g/mol. The number of amides is 2. The lowest BCUT2D eigenvalue weighted by molar-refractivity contribution is -0.123. The molecule has 1 aromatic heterocycles.